The first kappa shape index (κ1) is 18.0. The minimum absolute atomic E-state index is 0.171. The lowest BCUT2D eigenvalue weighted by Gasteiger charge is -2.06. The third-order valence-electron chi connectivity index (χ3n) is 4.33. The van der Waals surface area contributed by atoms with Crippen LogP contribution in [0.25, 0.3) is 6.08 Å². The van der Waals surface area contributed by atoms with Crippen LogP contribution in [0.5, 0.6) is 11.5 Å². The lowest BCUT2D eigenvalue weighted by molar-refractivity contribution is 0.0734. The summed E-state index contributed by atoms with van der Waals surface area (Å²) in [6.45, 7) is 1.94. The third kappa shape index (κ3) is 3.55. The molecule has 0 spiro atoms. The van der Waals surface area contributed by atoms with E-state index < -0.39 is 5.97 Å². The van der Waals surface area contributed by atoms with Crippen LogP contribution in [0.2, 0.25) is 5.02 Å². The minimum Gasteiger partial charge on any atom is -0.452 e. The van der Waals surface area contributed by atoms with Crippen molar-refractivity contribution in [1.29, 1.82) is 0 Å². The number of hydrogen-bond donors (Lipinski definition) is 0. The van der Waals surface area contributed by atoms with Crippen molar-refractivity contribution in [2.45, 2.75) is 6.92 Å². The second-order valence-corrected chi connectivity index (χ2v) is 6.78. The molecule has 0 bridgehead atoms. The van der Waals surface area contributed by atoms with Gasteiger partial charge in [-0.25, -0.2) is 4.79 Å². The normalized spacial score (nSPS) is 13.9. The van der Waals surface area contributed by atoms with Crippen molar-refractivity contribution in [3.05, 3.63) is 99.8 Å². The van der Waals surface area contributed by atoms with E-state index in [9.17, 15) is 9.59 Å². The zero-order valence-corrected chi connectivity index (χ0v) is 15.7. The number of fused-ring (bicyclic) bond motifs is 1. The minimum atomic E-state index is -0.476. The Morgan fingerprint density at radius 1 is 1.04 bits per heavy atom. The molecule has 0 fully saturated rings. The molecule has 138 valence electrons. The summed E-state index contributed by atoms with van der Waals surface area (Å²) in [5.41, 5.74) is 2.60. The number of ether oxygens (including phenoxy) is 2. The van der Waals surface area contributed by atoms with Gasteiger partial charge in [-0.15, -0.1) is 0 Å². The van der Waals surface area contributed by atoms with Gasteiger partial charge in [0.2, 0.25) is 5.78 Å². The van der Waals surface area contributed by atoms with Crippen LogP contribution in [0.15, 0.2) is 72.5 Å². The van der Waals surface area contributed by atoms with Crippen LogP contribution in [0, 0.1) is 6.92 Å². The highest BCUT2D eigenvalue weighted by Gasteiger charge is 2.28. The molecule has 0 aromatic heterocycles. The van der Waals surface area contributed by atoms with Gasteiger partial charge in [-0.05, 0) is 48.9 Å². The Morgan fingerprint density at radius 3 is 2.54 bits per heavy atom. The number of benzene rings is 3. The quantitative estimate of drug-likeness (QED) is 0.337. The fourth-order valence-corrected chi connectivity index (χ4v) is 3.01. The lowest BCUT2D eigenvalue weighted by Crippen LogP contribution is -2.08. The van der Waals surface area contributed by atoms with Crippen molar-refractivity contribution in [1.82, 2.24) is 0 Å². The lowest BCUT2D eigenvalue weighted by atomic mass is 10.1. The molecule has 1 aliphatic heterocycles. The highest BCUT2D eigenvalue weighted by atomic mass is 35.5. The first-order valence-electron chi connectivity index (χ1n) is 8.63. The SMILES string of the molecule is Cc1ccc(C(=O)Oc2ccc3c(c2)OC(=Cc2ccccc2Cl)C3=O)cc1. The van der Waals surface area contributed by atoms with E-state index in [0.29, 0.717) is 33.2 Å². The van der Waals surface area contributed by atoms with Gasteiger partial charge >= 0.3 is 5.97 Å². The molecular weight excluding hydrogens is 376 g/mol. The molecule has 0 atom stereocenters. The van der Waals surface area contributed by atoms with Gasteiger partial charge in [0.05, 0.1) is 11.1 Å². The molecule has 4 rings (SSSR count). The first-order chi connectivity index (χ1) is 13.5. The molecule has 4 nitrogen and oxygen atoms in total. The first-order valence-corrected chi connectivity index (χ1v) is 9.01. The van der Waals surface area contributed by atoms with Crippen LogP contribution in [-0.2, 0) is 0 Å². The van der Waals surface area contributed by atoms with Crippen LogP contribution in [-0.4, -0.2) is 11.8 Å². The van der Waals surface area contributed by atoms with Crippen LogP contribution in [0.3, 0.4) is 0 Å². The Hall–Kier alpha value is -3.37. The summed E-state index contributed by atoms with van der Waals surface area (Å²) in [5, 5.41) is 0.523. The molecule has 0 N–H and O–H groups in total. The van der Waals surface area contributed by atoms with Crippen LogP contribution in [0.4, 0.5) is 0 Å². The summed E-state index contributed by atoms with van der Waals surface area (Å²) >= 11 is 6.14. The molecule has 0 unspecified atom stereocenters. The Kier molecular flexibility index (Phi) is 4.72. The fourth-order valence-electron chi connectivity index (χ4n) is 2.82. The number of ketones is 1. The molecule has 1 aliphatic rings. The summed E-state index contributed by atoms with van der Waals surface area (Å²) in [5.74, 6) is 0.0983. The maximum Gasteiger partial charge on any atom is 0.343 e. The molecule has 0 amide bonds. The predicted molar refractivity (Wildman–Crippen MR) is 107 cm³/mol. The van der Waals surface area contributed by atoms with Crippen molar-refractivity contribution in [2.75, 3.05) is 0 Å². The van der Waals surface area contributed by atoms with E-state index in [4.69, 9.17) is 21.1 Å². The molecule has 1 heterocycles. The Balaban J connectivity index is 1.56. The number of esters is 1. The van der Waals surface area contributed by atoms with E-state index in [-0.39, 0.29) is 11.5 Å². The van der Waals surface area contributed by atoms with Crippen LogP contribution < -0.4 is 9.47 Å². The Morgan fingerprint density at radius 2 is 1.79 bits per heavy atom. The fraction of sp³-hybridized carbons (Fsp3) is 0.0435. The van der Waals surface area contributed by atoms with Crippen molar-refractivity contribution >= 4 is 29.4 Å². The number of carbonyl (C=O) groups is 2. The van der Waals surface area contributed by atoms with Crippen LogP contribution >= 0.6 is 11.6 Å². The number of hydrogen-bond acceptors (Lipinski definition) is 4. The molecule has 3 aromatic carbocycles. The molecule has 0 aliphatic carbocycles. The molecule has 0 radical (unpaired) electrons. The second-order valence-electron chi connectivity index (χ2n) is 6.37. The predicted octanol–water partition coefficient (Wildman–Crippen LogP) is 5.48. The van der Waals surface area contributed by atoms with E-state index in [1.165, 1.54) is 6.07 Å². The topological polar surface area (TPSA) is 52.6 Å². The average Bonchev–Trinajstić information content (AvgIpc) is 2.99. The number of halogens is 1. The summed E-state index contributed by atoms with van der Waals surface area (Å²) in [4.78, 5) is 24.8. The molecule has 28 heavy (non-hydrogen) atoms. The number of aryl methyl sites for hydroxylation is 1. The van der Waals surface area contributed by atoms with Gasteiger partial charge in [-0.3, -0.25) is 4.79 Å². The highest BCUT2D eigenvalue weighted by Crippen LogP contribution is 2.35. The van der Waals surface area contributed by atoms with Crippen molar-refractivity contribution in [2.24, 2.45) is 0 Å². The smallest absolute Gasteiger partial charge is 0.343 e. The summed E-state index contributed by atoms with van der Waals surface area (Å²) in [7, 11) is 0. The van der Waals surface area contributed by atoms with E-state index in [2.05, 4.69) is 0 Å². The molecule has 0 saturated heterocycles. The zero-order valence-electron chi connectivity index (χ0n) is 14.9. The summed E-state index contributed by atoms with van der Waals surface area (Å²) < 4.78 is 11.1. The maximum atomic E-state index is 12.6. The van der Waals surface area contributed by atoms with Gasteiger partial charge in [-0.2, -0.15) is 0 Å². The van der Waals surface area contributed by atoms with Gasteiger partial charge in [0.25, 0.3) is 0 Å². The van der Waals surface area contributed by atoms with Crippen molar-refractivity contribution in [3.63, 3.8) is 0 Å². The number of carbonyl (C=O) groups excluding carboxylic acids is 2. The number of allylic oxidation sites excluding steroid dienone is 1. The summed E-state index contributed by atoms with van der Waals surface area (Å²) in [6.07, 6.45) is 1.60. The molecule has 0 saturated carbocycles. The van der Waals surface area contributed by atoms with E-state index in [0.717, 1.165) is 5.56 Å². The molecular formula is C23H15ClO4. The van der Waals surface area contributed by atoms with E-state index >= 15 is 0 Å². The Bertz CT molecular complexity index is 1110. The van der Waals surface area contributed by atoms with E-state index in [1.807, 2.05) is 31.2 Å². The van der Waals surface area contributed by atoms with Gasteiger partial charge in [-0.1, -0.05) is 47.5 Å². The van der Waals surface area contributed by atoms with Gasteiger partial charge in [0.1, 0.15) is 11.5 Å². The van der Waals surface area contributed by atoms with E-state index in [1.54, 1.807) is 42.5 Å². The standard InChI is InChI=1S/C23H15ClO4/c1-14-6-8-15(9-7-14)23(26)27-17-10-11-18-20(13-17)28-21(22(18)25)12-16-4-2-3-5-19(16)24/h2-13H,1H3. The van der Waals surface area contributed by atoms with Crippen LogP contribution in [0.1, 0.15) is 31.8 Å². The average molecular weight is 391 g/mol. The van der Waals surface area contributed by atoms with Gasteiger partial charge < -0.3 is 9.47 Å². The number of rotatable bonds is 3. The maximum absolute atomic E-state index is 12.6. The highest BCUT2D eigenvalue weighted by molar-refractivity contribution is 6.32. The number of Topliss-reactive ketones (excluding diaryl/α,β-unsaturated/α-hetero) is 1. The third-order valence-corrected chi connectivity index (χ3v) is 4.68. The van der Waals surface area contributed by atoms with Crippen molar-refractivity contribution in [3.8, 4) is 11.5 Å². The monoisotopic (exact) mass is 390 g/mol. The largest absolute Gasteiger partial charge is 0.452 e. The van der Waals surface area contributed by atoms with Crippen molar-refractivity contribution < 1.29 is 19.1 Å². The summed E-state index contributed by atoms with van der Waals surface area (Å²) in [6, 6.07) is 19.0. The molecule has 5 heteroatoms. The van der Waals surface area contributed by atoms with Gasteiger partial charge in [0.15, 0.2) is 5.76 Å². The molecule has 3 aromatic rings. The second kappa shape index (κ2) is 7.33. The zero-order chi connectivity index (χ0) is 19.7. The van der Waals surface area contributed by atoms with Gasteiger partial charge in [0, 0.05) is 11.1 Å². The Labute approximate surface area is 167 Å².